The van der Waals surface area contributed by atoms with Crippen molar-refractivity contribution in [2.75, 3.05) is 26.1 Å². The van der Waals surface area contributed by atoms with Crippen LogP contribution in [0.15, 0.2) is 60.7 Å². The summed E-state index contributed by atoms with van der Waals surface area (Å²) in [6.45, 7) is 2.54. The van der Waals surface area contributed by atoms with Crippen LogP contribution in [-0.4, -0.2) is 36.7 Å². The van der Waals surface area contributed by atoms with E-state index in [4.69, 9.17) is 21.1 Å². The molecular formula is C27H26ClN3O3. The number of nitrogens with zero attached hydrogens (tertiary/aromatic N) is 1. The van der Waals surface area contributed by atoms with Gasteiger partial charge < -0.3 is 24.7 Å². The number of carbonyl (C=O) groups is 1. The lowest BCUT2D eigenvalue weighted by molar-refractivity contribution is 0.193. The minimum atomic E-state index is -0.295. The van der Waals surface area contributed by atoms with Gasteiger partial charge in [0.25, 0.3) is 0 Å². The fraction of sp³-hybridized carbons (Fsp3) is 0.222. The van der Waals surface area contributed by atoms with E-state index in [9.17, 15) is 4.79 Å². The third-order valence-corrected chi connectivity index (χ3v) is 6.61. The standard InChI is InChI=1S/C27H26ClN3O3/c1-16-4-11-24(34-3)23(14-16)30-27(32)31-13-12-20-21-15-18(28)7-10-22(21)29-25(20)26(31)17-5-8-19(33-2)9-6-17/h4-11,14-15,26,29H,12-13H2,1-3H3,(H,30,32). The summed E-state index contributed by atoms with van der Waals surface area (Å²) in [4.78, 5) is 19.1. The first-order chi connectivity index (χ1) is 16.5. The molecular weight excluding hydrogens is 450 g/mol. The van der Waals surface area contributed by atoms with Gasteiger partial charge in [-0.15, -0.1) is 0 Å². The summed E-state index contributed by atoms with van der Waals surface area (Å²) < 4.78 is 10.8. The third kappa shape index (κ3) is 3.94. The second kappa shape index (κ2) is 8.95. The second-order valence-electron chi connectivity index (χ2n) is 8.46. The van der Waals surface area contributed by atoms with Gasteiger partial charge in [-0.25, -0.2) is 4.79 Å². The molecule has 1 unspecified atom stereocenters. The molecule has 1 aliphatic rings. The number of fused-ring (bicyclic) bond motifs is 3. The molecule has 3 aromatic carbocycles. The number of ether oxygens (including phenoxy) is 2. The molecule has 4 aromatic rings. The van der Waals surface area contributed by atoms with Crippen LogP contribution in [0.3, 0.4) is 0 Å². The number of aromatic amines is 1. The van der Waals surface area contributed by atoms with Crippen molar-refractivity contribution < 1.29 is 14.3 Å². The lowest BCUT2D eigenvalue weighted by Gasteiger charge is -2.36. The van der Waals surface area contributed by atoms with Gasteiger partial charge in [-0.05, 0) is 72.5 Å². The average molecular weight is 476 g/mol. The Labute approximate surface area is 203 Å². The Morgan fingerprint density at radius 3 is 2.59 bits per heavy atom. The van der Waals surface area contributed by atoms with Crippen LogP contribution in [-0.2, 0) is 6.42 Å². The van der Waals surface area contributed by atoms with Gasteiger partial charge in [0.05, 0.1) is 25.9 Å². The van der Waals surface area contributed by atoms with Crippen molar-refractivity contribution >= 4 is 34.2 Å². The number of hydrogen-bond acceptors (Lipinski definition) is 3. The van der Waals surface area contributed by atoms with Crippen LogP contribution in [0.2, 0.25) is 5.02 Å². The topological polar surface area (TPSA) is 66.6 Å². The summed E-state index contributed by atoms with van der Waals surface area (Å²) in [5, 5.41) is 4.87. The number of anilines is 1. The first-order valence-corrected chi connectivity index (χ1v) is 11.5. The van der Waals surface area contributed by atoms with Gasteiger partial charge in [-0.1, -0.05) is 29.8 Å². The Morgan fingerprint density at radius 1 is 1.06 bits per heavy atom. The maximum absolute atomic E-state index is 13.6. The monoisotopic (exact) mass is 475 g/mol. The molecule has 0 bridgehead atoms. The highest BCUT2D eigenvalue weighted by Crippen LogP contribution is 2.40. The van der Waals surface area contributed by atoms with Gasteiger partial charge >= 0.3 is 6.03 Å². The Bertz CT molecular complexity index is 1360. The quantitative estimate of drug-likeness (QED) is 0.362. The maximum atomic E-state index is 13.6. The molecule has 2 N–H and O–H groups in total. The molecule has 1 aromatic heterocycles. The van der Waals surface area contributed by atoms with Gasteiger partial charge in [-0.3, -0.25) is 0 Å². The molecule has 5 rings (SSSR count). The molecule has 7 heteroatoms. The van der Waals surface area contributed by atoms with E-state index < -0.39 is 0 Å². The van der Waals surface area contributed by atoms with Crippen LogP contribution >= 0.6 is 11.6 Å². The molecule has 0 radical (unpaired) electrons. The number of amides is 2. The molecule has 174 valence electrons. The first kappa shape index (κ1) is 22.2. The average Bonchev–Trinajstić information content (AvgIpc) is 3.21. The Hall–Kier alpha value is -3.64. The molecule has 0 fully saturated rings. The number of benzene rings is 3. The summed E-state index contributed by atoms with van der Waals surface area (Å²) in [5.74, 6) is 1.39. The normalized spacial score (nSPS) is 15.2. The highest BCUT2D eigenvalue weighted by molar-refractivity contribution is 6.31. The molecule has 0 saturated carbocycles. The van der Waals surface area contributed by atoms with E-state index in [1.807, 2.05) is 72.5 Å². The molecule has 6 nitrogen and oxygen atoms in total. The van der Waals surface area contributed by atoms with E-state index >= 15 is 0 Å². The van der Waals surface area contributed by atoms with Crippen molar-refractivity contribution in [3.05, 3.63) is 88.1 Å². The smallest absolute Gasteiger partial charge is 0.322 e. The number of urea groups is 1. The van der Waals surface area contributed by atoms with Crippen LogP contribution in [0, 0.1) is 6.92 Å². The number of aryl methyl sites for hydroxylation is 1. The van der Waals surface area contributed by atoms with E-state index in [0.717, 1.165) is 39.9 Å². The zero-order chi connectivity index (χ0) is 23.8. The molecule has 0 aliphatic carbocycles. The highest BCUT2D eigenvalue weighted by Gasteiger charge is 2.35. The fourth-order valence-electron chi connectivity index (χ4n) is 4.72. The lowest BCUT2D eigenvalue weighted by Crippen LogP contribution is -2.43. The molecule has 1 aliphatic heterocycles. The van der Waals surface area contributed by atoms with Crippen LogP contribution < -0.4 is 14.8 Å². The summed E-state index contributed by atoms with van der Waals surface area (Å²) in [7, 11) is 3.24. The molecule has 0 spiro atoms. The molecule has 34 heavy (non-hydrogen) atoms. The van der Waals surface area contributed by atoms with Crippen LogP contribution in [0.5, 0.6) is 11.5 Å². The zero-order valence-corrected chi connectivity index (χ0v) is 20.1. The van der Waals surface area contributed by atoms with Crippen LogP contribution in [0.4, 0.5) is 10.5 Å². The van der Waals surface area contributed by atoms with Gasteiger partial charge in [0.1, 0.15) is 11.5 Å². The van der Waals surface area contributed by atoms with Crippen molar-refractivity contribution in [3.63, 3.8) is 0 Å². The Kier molecular flexibility index (Phi) is 5.84. The van der Waals surface area contributed by atoms with E-state index in [2.05, 4.69) is 10.3 Å². The van der Waals surface area contributed by atoms with Crippen LogP contribution in [0.1, 0.15) is 28.4 Å². The number of H-pyrrole nitrogens is 1. The number of halogens is 1. The largest absolute Gasteiger partial charge is 0.497 e. The van der Waals surface area contributed by atoms with Crippen molar-refractivity contribution in [1.29, 1.82) is 0 Å². The number of nitrogens with one attached hydrogen (secondary N) is 2. The maximum Gasteiger partial charge on any atom is 0.322 e. The van der Waals surface area contributed by atoms with Crippen molar-refractivity contribution in [2.24, 2.45) is 0 Å². The van der Waals surface area contributed by atoms with E-state index in [1.165, 1.54) is 5.56 Å². The molecule has 0 saturated heterocycles. The van der Waals surface area contributed by atoms with E-state index in [1.54, 1.807) is 14.2 Å². The van der Waals surface area contributed by atoms with E-state index in [0.29, 0.717) is 23.0 Å². The second-order valence-corrected chi connectivity index (χ2v) is 8.90. The third-order valence-electron chi connectivity index (χ3n) is 6.38. The van der Waals surface area contributed by atoms with Gasteiger partial charge in [0.15, 0.2) is 0 Å². The van der Waals surface area contributed by atoms with Crippen molar-refractivity contribution in [2.45, 2.75) is 19.4 Å². The van der Waals surface area contributed by atoms with Crippen molar-refractivity contribution in [3.8, 4) is 11.5 Å². The molecule has 2 heterocycles. The predicted molar refractivity (Wildman–Crippen MR) is 135 cm³/mol. The Balaban J connectivity index is 1.58. The minimum absolute atomic E-state index is 0.188. The lowest BCUT2D eigenvalue weighted by atomic mass is 9.92. The Morgan fingerprint density at radius 2 is 1.85 bits per heavy atom. The summed E-state index contributed by atoms with van der Waals surface area (Å²) in [5.41, 5.74) is 5.88. The fourth-order valence-corrected chi connectivity index (χ4v) is 4.89. The van der Waals surface area contributed by atoms with Gasteiger partial charge in [-0.2, -0.15) is 0 Å². The van der Waals surface area contributed by atoms with Crippen LogP contribution in [0.25, 0.3) is 10.9 Å². The number of rotatable bonds is 4. The van der Waals surface area contributed by atoms with E-state index in [-0.39, 0.29) is 12.1 Å². The first-order valence-electron chi connectivity index (χ1n) is 11.1. The number of hydrogen-bond donors (Lipinski definition) is 2. The molecule has 1 atom stereocenters. The van der Waals surface area contributed by atoms with Crippen molar-refractivity contribution in [1.82, 2.24) is 9.88 Å². The van der Waals surface area contributed by atoms with Gasteiger partial charge in [0.2, 0.25) is 0 Å². The summed E-state index contributed by atoms with van der Waals surface area (Å²) in [6, 6.07) is 19.0. The summed E-state index contributed by atoms with van der Waals surface area (Å²) >= 11 is 6.30. The number of carbonyl (C=O) groups excluding carboxylic acids is 1. The predicted octanol–water partition coefficient (Wildman–Crippen LogP) is 6.33. The highest BCUT2D eigenvalue weighted by atomic mass is 35.5. The SMILES string of the molecule is COc1ccc(C2c3[nH]c4ccc(Cl)cc4c3CCN2C(=O)Nc2cc(C)ccc2OC)cc1. The number of aromatic nitrogens is 1. The zero-order valence-electron chi connectivity index (χ0n) is 19.3. The molecule has 2 amide bonds. The number of methoxy groups -OCH3 is 2. The minimum Gasteiger partial charge on any atom is -0.497 e. The summed E-state index contributed by atoms with van der Waals surface area (Å²) in [6.07, 6.45) is 0.723. The van der Waals surface area contributed by atoms with Gasteiger partial charge in [0, 0.05) is 28.2 Å².